The lowest BCUT2D eigenvalue weighted by Gasteiger charge is -2.29. The van der Waals surface area contributed by atoms with Gasteiger partial charge in [0.1, 0.15) is 0 Å². The molecule has 116 valence electrons. The molecule has 2 unspecified atom stereocenters. The molecular weight excluding hydrogens is 252 g/mol. The van der Waals surface area contributed by atoms with E-state index < -0.39 is 0 Å². The van der Waals surface area contributed by atoms with Gasteiger partial charge in [0.15, 0.2) is 0 Å². The highest BCUT2D eigenvalue weighted by Gasteiger charge is 2.22. The SMILES string of the molecule is CN(CC1CCOCC1)C(=O)CCC1CCCC(N)C1. The third-order valence-electron chi connectivity index (χ3n) is 4.89. The van der Waals surface area contributed by atoms with Crippen LogP contribution in [0.4, 0.5) is 0 Å². The molecule has 1 heterocycles. The molecule has 0 aromatic heterocycles. The predicted octanol–water partition coefficient (Wildman–Crippen LogP) is 2.17. The number of ether oxygens (including phenoxy) is 1. The van der Waals surface area contributed by atoms with Gasteiger partial charge >= 0.3 is 0 Å². The van der Waals surface area contributed by atoms with Crippen molar-refractivity contribution in [2.24, 2.45) is 17.6 Å². The van der Waals surface area contributed by atoms with Crippen molar-refractivity contribution >= 4 is 5.91 Å². The number of nitrogens with zero attached hydrogens (tertiary/aromatic N) is 1. The van der Waals surface area contributed by atoms with Crippen LogP contribution in [-0.2, 0) is 9.53 Å². The molecule has 0 aromatic rings. The highest BCUT2D eigenvalue weighted by atomic mass is 16.5. The molecule has 4 heteroatoms. The number of carbonyl (C=O) groups excluding carboxylic acids is 1. The van der Waals surface area contributed by atoms with E-state index in [9.17, 15) is 4.79 Å². The average Bonchev–Trinajstić information content (AvgIpc) is 2.46. The summed E-state index contributed by atoms with van der Waals surface area (Å²) in [6.07, 6.45) is 8.65. The number of nitrogens with two attached hydrogens (primary N) is 1. The van der Waals surface area contributed by atoms with Crippen molar-refractivity contribution in [3.8, 4) is 0 Å². The van der Waals surface area contributed by atoms with Gasteiger partial charge in [-0.1, -0.05) is 12.8 Å². The zero-order valence-electron chi connectivity index (χ0n) is 12.9. The first-order valence-corrected chi connectivity index (χ1v) is 8.22. The molecule has 20 heavy (non-hydrogen) atoms. The fourth-order valence-corrected chi connectivity index (χ4v) is 3.53. The van der Waals surface area contributed by atoms with Crippen molar-refractivity contribution in [1.29, 1.82) is 0 Å². The quantitative estimate of drug-likeness (QED) is 0.841. The monoisotopic (exact) mass is 282 g/mol. The van der Waals surface area contributed by atoms with E-state index in [1.165, 1.54) is 12.8 Å². The summed E-state index contributed by atoms with van der Waals surface area (Å²) >= 11 is 0. The molecule has 0 spiro atoms. The van der Waals surface area contributed by atoms with Crippen LogP contribution in [0, 0.1) is 11.8 Å². The minimum atomic E-state index is 0.302. The Balaban J connectivity index is 1.65. The summed E-state index contributed by atoms with van der Waals surface area (Å²) in [5.41, 5.74) is 6.01. The van der Waals surface area contributed by atoms with Crippen LogP contribution in [0.5, 0.6) is 0 Å². The van der Waals surface area contributed by atoms with Crippen LogP contribution < -0.4 is 5.73 Å². The van der Waals surface area contributed by atoms with Gasteiger partial charge in [-0.2, -0.15) is 0 Å². The first-order chi connectivity index (χ1) is 9.65. The molecule has 1 amide bonds. The smallest absolute Gasteiger partial charge is 0.222 e. The molecule has 2 fully saturated rings. The highest BCUT2D eigenvalue weighted by molar-refractivity contribution is 5.75. The minimum absolute atomic E-state index is 0.302. The topological polar surface area (TPSA) is 55.6 Å². The molecule has 1 saturated heterocycles. The summed E-state index contributed by atoms with van der Waals surface area (Å²) in [5, 5.41) is 0. The van der Waals surface area contributed by atoms with Crippen LogP contribution >= 0.6 is 0 Å². The molecule has 0 aromatic carbocycles. The Morgan fingerprint density at radius 2 is 1.95 bits per heavy atom. The van der Waals surface area contributed by atoms with Crippen molar-refractivity contribution < 1.29 is 9.53 Å². The lowest BCUT2D eigenvalue weighted by Crippen LogP contribution is -2.34. The van der Waals surface area contributed by atoms with Crippen molar-refractivity contribution in [1.82, 2.24) is 4.90 Å². The second kappa shape index (κ2) is 7.99. The molecule has 1 aliphatic carbocycles. The fraction of sp³-hybridized carbons (Fsp3) is 0.938. The van der Waals surface area contributed by atoms with Crippen LogP contribution in [0.2, 0.25) is 0 Å². The normalized spacial score (nSPS) is 28.3. The molecule has 2 aliphatic rings. The maximum absolute atomic E-state index is 12.2. The minimum Gasteiger partial charge on any atom is -0.381 e. The highest BCUT2D eigenvalue weighted by Crippen LogP contribution is 2.27. The van der Waals surface area contributed by atoms with Crippen molar-refractivity contribution in [2.45, 2.75) is 57.4 Å². The Labute approximate surface area is 123 Å². The molecule has 4 nitrogen and oxygen atoms in total. The van der Waals surface area contributed by atoms with Gasteiger partial charge in [-0.25, -0.2) is 0 Å². The summed E-state index contributed by atoms with van der Waals surface area (Å²) < 4.78 is 5.36. The van der Waals surface area contributed by atoms with E-state index in [2.05, 4.69) is 0 Å². The van der Waals surface area contributed by atoms with Crippen LogP contribution in [0.25, 0.3) is 0 Å². The number of amides is 1. The average molecular weight is 282 g/mol. The molecule has 2 rings (SSSR count). The summed E-state index contributed by atoms with van der Waals surface area (Å²) in [7, 11) is 1.95. The van der Waals surface area contributed by atoms with E-state index in [0.717, 1.165) is 51.9 Å². The molecule has 2 atom stereocenters. The zero-order valence-corrected chi connectivity index (χ0v) is 12.9. The Morgan fingerprint density at radius 1 is 1.20 bits per heavy atom. The van der Waals surface area contributed by atoms with Gasteiger partial charge in [0.2, 0.25) is 5.91 Å². The van der Waals surface area contributed by atoms with Crippen LogP contribution in [0.1, 0.15) is 51.4 Å². The van der Waals surface area contributed by atoms with Crippen molar-refractivity contribution in [3.05, 3.63) is 0 Å². The molecule has 0 radical (unpaired) electrons. The zero-order chi connectivity index (χ0) is 14.4. The van der Waals surface area contributed by atoms with Gasteiger partial charge in [0.25, 0.3) is 0 Å². The van der Waals surface area contributed by atoms with E-state index in [1.54, 1.807) is 0 Å². The van der Waals surface area contributed by atoms with Gasteiger partial charge in [-0.15, -0.1) is 0 Å². The van der Waals surface area contributed by atoms with Gasteiger partial charge in [0.05, 0.1) is 0 Å². The van der Waals surface area contributed by atoms with Crippen LogP contribution in [0.15, 0.2) is 0 Å². The summed E-state index contributed by atoms with van der Waals surface area (Å²) in [5.74, 6) is 1.59. The molecular formula is C16H30N2O2. The largest absolute Gasteiger partial charge is 0.381 e. The van der Waals surface area contributed by atoms with E-state index >= 15 is 0 Å². The predicted molar refractivity (Wildman–Crippen MR) is 80.3 cm³/mol. The van der Waals surface area contributed by atoms with Gasteiger partial charge < -0.3 is 15.4 Å². The maximum atomic E-state index is 12.2. The molecule has 0 bridgehead atoms. The maximum Gasteiger partial charge on any atom is 0.222 e. The Morgan fingerprint density at radius 3 is 2.65 bits per heavy atom. The van der Waals surface area contributed by atoms with E-state index in [-0.39, 0.29) is 0 Å². The third kappa shape index (κ3) is 5.06. The van der Waals surface area contributed by atoms with Crippen molar-refractivity contribution in [3.63, 3.8) is 0 Å². The summed E-state index contributed by atoms with van der Waals surface area (Å²) in [6.45, 7) is 2.60. The first-order valence-electron chi connectivity index (χ1n) is 8.22. The Hall–Kier alpha value is -0.610. The molecule has 1 saturated carbocycles. The lowest BCUT2D eigenvalue weighted by atomic mass is 9.83. The van der Waals surface area contributed by atoms with Crippen LogP contribution in [-0.4, -0.2) is 43.7 Å². The number of rotatable bonds is 5. The van der Waals surface area contributed by atoms with E-state index in [1.807, 2.05) is 11.9 Å². The van der Waals surface area contributed by atoms with E-state index in [4.69, 9.17) is 10.5 Å². The lowest BCUT2D eigenvalue weighted by molar-refractivity contribution is -0.131. The number of carbonyl (C=O) groups is 1. The third-order valence-corrected chi connectivity index (χ3v) is 4.89. The number of hydrogen-bond acceptors (Lipinski definition) is 3. The second-order valence-electron chi connectivity index (χ2n) is 6.66. The van der Waals surface area contributed by atoms with Crippen LogP contribution in [0.3, 0.4) is 0 Å². The van der Waals surface area contributed by atoms with Gasteiger partial charge in [-0.05, 0) is 43.9 Å². The second-order valence-corrected chi connectivity index (χ2v) is 6.66. The summed E-state index contributed by atoms with van der Waals surface area (Å²) in [4.78, 5) is 14.1. The summed E-state index contributed by atoms with van der Waals surface area (Å²) in [6, 6.07) is 0.365. The number of hydrogen-bond donors (Lipinski definition) is 1. The Bertz CT molecular complexity index is 303. The first kappa shape index (κ1) is 15.8. The van der Waals surface area contributed by atoms with E-state index in [0.29, 0.717) is 30.2 Å². The molecule has 2 N–H and O–H groups in total. The molecule has 1 aliphatic heterocycles. The fourth-order valence-electron chi connectivity index (χ4n) is 3.53. The van der Waals surface area contributed by atoms with Gasteiger partial charge in [-0.3, -0.25) is 4.79 Å². The Kier molecular flexibility index (Phi) is 6.30. The standard InChI is InChI=1S/C16H30N2O2/c1-18(12-14-7-9-20-10-8-14)16(19)6-5-13-3-2-4-15(17)11-13/h13-15H,2-12,17H2,1H3. The van der Waals surface area contributed by atoms with Gasteiger partial charge in [0, 0.05) is 39.3 Å². The van der Waals surface area contributed by atoms with Crippen molar-refractivity contribution in [2.75, 3.05) is 26.8 Å².